The van der Waals surface area contributed by atoms with Crippen molar-refractivity contribution in [2.75, 3.05) is 30.9 Å². The van der Waals surface area contributed by atoms with Gasteiger partial charge < -0.3 is 25.0 Å². The molecule has 4 aromatic rings. The minimum absolute atomic E-state index is 0. The molecule has 11 heteroatoms. The van der Waals surface area contributed by atoms with E-state index in [0.717, 1.165) is 16.6 Å². The van der Waals surface area contributed by atoms with Gasteiger partial charge >= 0.3 is 6.03 Å². The van der Waals surface area contributed by atoms with Crippen LogP contribution in [-0.2, 0) is 11.4 Å². The summed E-state index contributed by atoms with van der Waals surface area (Å²) in [5.41, 5.74) is 3.14. The Morgan fingerprint density at radius 3 is 2.46 bits per heavy atom. The van der Waals surface area contributed by atoms with Crippen LogP contribution in [0.25, 0.3) is 10.9 Å². The van der Waals surface area contributed by atoms with Crippen LogP contribution in [0.5, 0.6) is 11.5 Å². The van der Waals surface area contributed by atoms with Crippen molar-refractivity contribution >= 4 is 69.8 Å². The SMILES string of the molecule is COc1ccc(NC(=O)NCC(=O)N(C)c2ccc(Cl)c(COc3cc4ccccc4nc3C)c2Cl)cc1.Cl. The summed E-state index contributed by atoms with van der Waals surface area (Å²) in [7, 11) is 3.13. The molecule has 0 unspecified atom stereocenters. The number of urea groups is 1. The topological polar surface area (TPSA) is 92.8 Å². The molecule has 0 saturated carbocycles. The van der Waals surface area contributed by atoms with Crippen LogP contribution in [0.3, 0.4) is 0 Å². The molecule has 1 heterocycles. The van der Waals surface area contributed by atoms with Crippen molar-refractivity contribution < 1.29 is 19.1 Å². The standard InChI is InChI=1S/C28H26Cl2N4O4.ClH/c1-17-25(14-18-6-4-5-7-23(18)32-17)38-16-21-22(29)12-13-24(27(21)30)34(2)26(35)15-31-28(36)33-19-8-10-20(37-3)11-9-19;/h4-14H,15-16H2,1-3H3,(H2,31,33,36);1H. The van der Waals surface area contributed by atoms with Gasteiger partial charge in [0.05, 0.1) is 35.6 Å². The van der Waals surface area contributed by atoms with Crippen LogP contribution in [0.1, 0.15) is 11.3 Å². The van der Waals surface area contributed by atoms with E-state index in [9.17, 15) is 9.59 Å². The first-order valence-corrected chi connectivity index (χ1v) is 12.4. The lowest BCUT2D eigenvalue weighted by molar-refractivity contribution is -0.117. The summed E-state index contributed by atoms with van der Waals surface area (Å²) in [6.45, 7) is 1.70. The summed E-state index contributed by atoms with van der Waals surface area (Å²) in [5.74, 6) is 0.903. The number of rotatable bonds is 8. The summed E-state index contributed by atoms with van der Waals surface area (Å²) < 4.78 is 11.1. The van der Waals surface area contributed by atoms with E-state index in [1.54, 1.807) is 50.6 Å². The van der Waals surface area contributed by atoms with Crippen molar-refractivity contribution in [3.63, 3.8) is 0 Å². The van der Waals surface area contributed by atoms with E-state index >= 15 is 0 Å². The third-order valence-electron chi connectivity index (χ3n) is 5.89. The Balaban J connectivity index is 0.00000420. The number of hydrogen-bond acceptors (Lipinski definition) is 5. The Morgan fingerprint density at radius 1 is 1.03 bits per heavy atom. The van der Waals surface area contributed by atoms with Crippen molar-refractivity contribution in [1.82, 2.24) is 10.3 Å². The molecule has 3 amide bonds. The number of ether oxygens (including phenoxy) is 2. The zero-order valence-electron chi connectivity index (χ0n) is 21.5. The lowest BCUT2D eigenvalue weighted by Gasteiger charge is -2.21. The molecular formula is C28H27Cl3N4O4. The number of para-hydroxylation sites is 1. The van der Waals surface area contributed by atoms with Gasteiger partial charge in [0.25, 0.3) is 0 Å². The van der Waals surface area contributed by atoms with E-state index < -0.39 is 6.03 Å². The van der Waals surface area contributed by atoms with E-state index in [1.807, 2.05) is 37.3 Å². The molecule has 0 saturated heterocycles. The van der Waals surface area contributed by atoms with Crippen LogP contribution in [0, 0.1) is 6.92 Å². The maximum Gasteiger partial charge on any atom is 0.319 e. The predicted molar refractivity (Wildman–Crippen MR) is 158 cm³/mol. The first-order chi connectivity index (χ1) is 18.3. The van der Waals surface area contributed by atoms with Gasteiger partial charge in [-0.2, -0.15) is 0 Å². The van der Waals surface area contributed by atoms with Crippen molar-refractivity contribution in [3.05, 3.63) is 88.0 Å². The molecule has 0 fully saturated rings. The zero-order valence-corrected chi connectivity index (χ0v) is 23.8. The number of nitrogens with one attached hydrogen (secondary N) is 2. The monoisotopic (exact) mass is 588 g/mol. The van der Waals surface area contributed by atoms with Crippen molar-refractivity contribution in [3.8, 4) is 11.5 Å². The quantitative estimate of drug-likeness (QED) is 0.240. The fourth-order valence-corrected chi connectivity index (χ4v) is 4.33. The molecule has 204 valence electrons. The molecule has 0 aliphatic heterocycles. The van der Waals surface area contributed by atoms with Crippen LogP contribution in [0.2, 0.25) is 10.0 Å². The number of aryl methyl sites for hydroxylation is 1. The maximum absolute atomic E-state index is 12.8. The Labute approximate surface area is 242 Å². The molecule has 0 radical (unpaired) electrons. The average Bonchev–Trinajstić information content (AvgIpc) is 2.92. The van der Waals surface area contributed by atoms with Gasteiger partial charge in [-0.25, -0.2) is 9.78 Å². The summed E-state index contributed by atoms with van der Waals surface area (Å²) in [6, 6.07) is 19.3. The minimum atomic E-state index is -0.521. The third-order valence-corrected chi connectivity index (χ3v) is 6.67. The number of carbonyl (C=O) groups excluding carboxylic acids is 2. The number of hydrogen-bond donors (Lipinski definition) is 2. The zero-order chi connectivity index (χ0) is 27.2. The van der Waals surface area contributed by atoms with Gasteiger partial charge in [0.15, 0.2) is 0 Å². The molecule has 0 spiro atoms. The van der Waals surface area contributed by atoms with Crippen molar-refractivity contribution in [2.24, 2.45) is 0 Å². The van der Waals surface area contributed by atoms with Crippen LogP contribution < -0.4 is 25.0 Å². The lowest BCUT2D eigenvalue weighted by atomic mass is 10.1. The highest BCUT2D eigenvalue weighted by Crippen LogP contribution is 2.35. The number of pyridine rings is 1. The summed E-state index contributed by atoms with van der Waals surface area (Å²) in [6.07, 6.45) is 0. The number of nitrogens with zero attached hydrogens (tertiary/aromatic N) is 2. The van der Waals surface area contributed by atoms with Gasteiger partial charge in [-0.1, -0.05) is 41.4 Å². The van der Waals surface area contributed by atoms with Gasteiger partial charge in [0.2, 0.25) is 5.91 Å². The largest absolute Gasteiger partial charge is 0.497 e. The van der Waals surface area contributed by atoms with E-state index in [0.29, 0.717) is 33.5 Å². The molecule has 8 nitrogen and oxygen atoms in total. The van der Waals surface area contributed by atoms with Gasteiger partial charge in [-0.15, -0.1) is 12.4 Å². The van der Waals surface area contributed by atoms with Gasteiger partial charge in [-0.3, -0.25) is 4.79 Å². The summed E-state index contributed by atoms with van der Waals surface area (Å²) in [5, 5.41) is 6.85. The highest BCUT2D eigenvalue weighted by molar-refractivity contribution is 6.38. The van der Waals surface area contributed by atoms with Crippen LogP contribution in [0.15, 0.2) is 66.7 Å². The van der Waals surface area contributed by atoms with Gasteiger partial charge in [0, 0.05) is 28.7 Å². The molecule has 2 N–H and O–H groups in total. The van der Waals surface area contributed by atoms with Crippen LogP contribution in [0.4, 0.5) is 16.2 Å². The maximum atomic E-state index is 12.8. The number of likely N-dealkylation sites (N-methyl/N-ethyl adjacent to an activating group) is 1. The van der Waals surface area contributed by atoms with E-state index in [-0.39, 0.29) is 36.5 Å². The number of anilines is 2. The Kier molecular flexibility index (Phi) is 10.2. The molecule has 4 rings (SSSR count). The van der Waals surface area contributed by atoms with Gasteiger partial charge in [0.1, 0.15) is 18.1 Å². The second-order valence-electron chi connectivity index (χ2n) is 8.40. The van der Waals surface area contributed by atoms with Crippen molar-refractivity contribution in [1.29, 1.82) is 0 Å². The summed E-state index contributed by atoms with van der Waals surface area (Å²) >= 11 is 13.1. The number of halogens is 3. The second-order valence-corrected chi connectivity index (χ2v) is 9.19. The fraction of sp³-hybridized carbons (Fsp3) is 0.179. The number of methoxy groups -OCH3 is 1. The van der Waals surface area contributed by atoms with E-state index in [2.05, 4.69) is 15.6 Å². The molecule has 39 heavy (non-hydrogen) atoms. The molecule has 0 bridgehead atoms. The molecule has 1 aromatic heterocycles. The molecule has 3 aromatic carbocycles. The lowest BCUT2D eigenvalue weighted by Crippen LogP contribution is -2.40. The first kappa shape index (κ1) is 29.8. The highest BCUT2D eigenvalue weighted by atomic mass is 35.5. The van der Waals surface area contributed by atoms with E-state index in [1.165, 1.54) is 4.90 Å². The number of benzene rings is 3. The van der Waals surface area contributed by atoms with Crippen LogP contribution in [-0.4, -0.2) is 37.6 Å². The smallest absolute Gasteiger partial charge is 0.319 e. The normalized spacial score (nSPS) is 10.4. The summed E-state index contributed by atoms with van der Waals surface area (Å²) in [4.78, 5) is 31.0. The molecule has 0 atom stereocenters. The second kappa shape index (κ2) is 13.4. The number of aromatic nitrogens is 1. The minimum Gasteiger partial charge on any atom is -0.497 e. The predicted octanol–water partition coefficient (Wildman–Crippen LogP) is 6.64. The average molecular weight is 590 g/mol. The Hall–Kier alpha value is -3.72. The molecule has 0 aliphatic rings. The van der Waals surface area contributed by atoms with Crippen molar-refractivity contribution in [2.45, 2.75) is 13.5 Å². The number of fused-ring (bicyclic) bond motifs is 1. The molecule has 0 aliphatic carbocycles. The number of amides is 3. The first-order valence-electron chi connectivity index (χ1n) is 11.7. The van der Waals surface area contributed by atoms with Gasteiger partial charge in [-0.05, 0) is 55.5 Å². The number of carbonyl (C=O) groups is 2. The highest BCUT2D eigenvalue weighted by Gasteiger charge is 2.19. The third kappa shape index (κ3) is 7.23. The molecular weight excluding hydrogens is 563 g/mol. The van der Waals surface area contributed by atoms with Crippen LogP contribution >= 0.6 is 35.6 Å². The fourth-order valence-electron chi connectivity index (χ4n) is 3.72. The Bertz CT molecular complexity index is 1480. The van der Waals surface area contributed by atoms with E-state index in [4.69, 9.17) is 32.7 Å². The Morgan fingerprint density at radius 2 is 1.74 bits per heavy atom.